The number of nitrogens with zero attached hydrogens (tertiary/aromatic N) is 6. The van der Waals surface area contributed by atoms with Crippen LogP contribution in [0.4, 0.5) is 14.6 Å². The Bertz CT molecular complexity index is 1670. The Morgan fingerprint density at radius 2 is 2.00 bits per heavy atom. The number of aromatic amines is 1. The summed E-state index contributed by atoms with van der Waals surface area (Å²) in [4.78, 5) is 18.2. The molecule has 9 nitrogen and oxygen atoms in total. The molecule has 0 radical (unpaired) electrons. The van der Waals surface area contributed by atoms with Gasteiger partial charge in [0, 0.05) is 43.2 Å². The molecule has 6 heterocycles. The number of alkyl halides is 1. The van der Waals surface area contributed by atoms with Crippen molar-refractivity contribution in [2.24, 2.45) is 0 Å². The van der Waals surface area contributed by atoms with Gasteiger partial charge in [-0.05, 0) is 69.7 Å². The van der Waals surface area contributed by atoms with Gasteiger partial charge in [-0.1, -0.05) is 6.92 Å². The molecule has 0 aliphatic carbocycles. The largest absolute Gasteiger partial charge is 0.461 e. The Morgan fingerprint density at radius 3 is 2.81 bits per heavy atom. The van der Waals surface area contributed by atoms with Gasteiger partial charge in [0.2, 0.25) is 0 Å². The maximum absolute atomic E-state index is 16.8. The van der Waals surface area contributed by atoms with Crippen LogP contribution < -0.4 is 9.64 Å². The van der Waals surface area contributed by atoms with Crippen molar-refractivity contribution < 1.29 is 18.6 Å². The fourth-order valence-electron chi connectivity index (χ4n) is 7.54. The summed E-state index contributed by atoms with van der Waals surface area (Å²) in [5.41, 5.74) is 2.55. The monoisotopic (exact) mass is 577 g/mol. The molecule has 3 atom stereocenters. The number of hydrogen-bond donors (Lipinski definition) is 2. The number of ether oxygens (including phenoxy) is 1. The van der Waals surface area contributed by atoms with Gasteiger partial charge in [-0.2, -0.15) is 15.1 Å². The maximum atomic E-state index is 16.8. The molecule has 4 aromatic rings. The van der Waals surface area contributed by atoms with Crippen molar-refractivity contribution in [3.63, 3.8) is 0 Å². The van der Waals surface area contributed by atoms with Gasteiger partial charge in [-0.15, -0.1) is 0 Å². The zero-order valence-electron chi connectivity index (χ0n) is 24.4. The first kappa shape index (κ1) is 27.4. The highest BCUT2D eigenvalue weighted by molar-refractivity contribution is 5.99. The summed E-state index contributed by atoms with van der Waals surface area (Å²) in [6.07, 6.45) is 6.84. The molecule has 0 amide bonds. The lowest BCUT2D eigenvalue weighted by atomic mass is 9.93. The molecule has 3 aliphatic rings. The third-order valence-corrected chi connectivity index (χ3v) is 9.52. The Balaban J connectivity index is 1.37. The first-order chi connectivity index (χ1) is 20.2. The lowest BCUT2D eigenvalue weighted by Crippen LogP contribution is -2.46. The molecule has 222 valence electrons. The number of aliphatic hydroxyl groups is 1. The standard InChI is InChI=1S/C31H37F2N7O2/c1-4-20-18(2)11-23-21(14-35-38-23)24(20)27-25(33)26-22(13-34-27)28(39-9-5-7-30(3,41)16-39)37-29(36-26)42-17-31-8-6-10-40(31)15-19(32)12-31/h11,13-14,19,41H,4-10,12,15-17H2,1-3H3,(H,35,38)/t19-,30-,31+/m1/s1. The van der Waals surface area contributed by atoms with Crippen LogP contribution in [0, 0.1) is 12.7 Å². The minimum absolute atomic E-state index is 0.0516. The van der Waals surface area contributed by atoms with Crippen LogP contribution >= 0.6 is 0 Å². The summed E-state index contributed by atoms with van der Waals surface area (Å²) in [5, 5.41) is 19.3. The lowest BCUT2D eigenvalue weighted by Gasteiger charge is -2.38. The van der Waals surface area contributed by atoms with Crippen molar-refractivity contribution in [1.82, 2.24) is 30.0 Å². The maximum Gasteiger partial charge on any atom is 0.319 e. The van der Waals surface area contributed by atoms with Crippen molar-refractivity contribution in [2.45, 2.75) is 76.6 Å². The molecule has 3 saturated heterocycles. The van der Waals surface area contributed by atoms with Crippen LogP contribution in [0.2, 0.25) is 0 Å². The van der Waals surface area contributed by atoms with E-state index in [-0.39, 0.29) is 29.4 Å². The van der Waals surface area contributed by atoms with Gasteiger partial charge in [0.25, 0.3) is 0 Å². The molecule has 1 aromatic carbocycles. The van der Waals surface area contributed by atoms with Gasteiger partial charge >= 0.3 is 6.01 Å². The average Bonchev–Trinajstić information content (AvgIpc) is 3.65. The first-order valence-electron chi connectivity index (χ1n) is 15.0. The summed E-state index contributed by atoms with van der Waals surface area (Å²) in [5.74, 6) is -0.0742. The number of aromatic nitrogens is 5. The molecule has 3 aromatic heterocycles. The number of β-amino-alcohol motifs (C(OH)–C–C–N with tert-alkyl or cyclic N) is 1. The van der Waals surface area contributed by atoms with Crippen molar-refractivity contribution in [3.8, 4) is 17.3 Å². The highest BCUT2D eigenvalue weighted by Gasteiger charge is 2.49. The van der Waals surface area contributed by atoms with E-state index in [9.17, 15) is 9.50 Å². The van der Waals surface area contributed by atoms with E-state index in [1.807, 2.05) is 24.8 Å². The number of benzene rings is 1. The molecular weight excluding hydrogens is 540 g/mol. The second-order valence-corrected chi connectivity index (χ2v) is 12.6. The molecule has 11 heteroatoms. The average molecular weight is 578 g/mol. The molecule has 7 rings (SSSR count). The highest BCUT2D eigenvalue weighted by atomic mass is 19.1. The van der Waals surface area contributed by atoms with Crippen molar-refractivity contribution >= 4 is 27.6 Å². The van der Waals surface area contributed by atoms with Crippen molar-refractivity contribution in [2.75, 3.05) is 37.7 Å². The summed E-state index contributed by atoms with van der Waals surface area (Å²) >= 11 is 0. The zero-order valence-corrected chi connectivity index (χ0v) is 24.4. The molecule has 2 N–H and O–H groups in total. The Hall–Kier alpha value is -3.44. The van der Waals surface area contributed by atoms with Gasteiger partial charge in [-0.3, -0.25) is 15.0 Å². The molecule has 0 bridgehead atoms. The SMILES string of the molecule is CCc1c(C)cc2[nH]ncc2c1-c1ncc2c(N3CCC[C@@](C)(O)C3)nc(OC[C@@]34CCCN3C[C@H](F)C4)nc2c1F. The van der Waals surface area contributed by atoms with Gasteiger partial charge in [0.05, 0.1) is 28.2 Å². The number of H-pyrrole nitrogens is 1. The Kier molecular flexibility index (Phi) is 6.58. The summed E-state index contributed by atoms with van der Waals surface area (Å²) < 4.78 is 37.4. The number of fused-ring (bicyclic) bond motifs is 3. The van der Waals surface area contributed by atoms with E-state index in [4.69, 9.17) is 9.72 Å². The number of anilines is 1. The summed E-state index contributed by atoms with van der Waals surface area (Å²) in [6, 6.07) is 2.07. The second kappa shape index (κ2) is 10.1. The first-order valence-corrected chi connectivity index (χ1v) is 15.0. The number of rotatable bonds is 6. The number of nitrogens with one attached hydrogen (secondary N) is 1. The van der Waals surface area contributed by atoms with E-state index < -0.39 is 17.6 Å². The molecule has 0 unspecified atom stereocenters. The molecule has 0 saturated carbocycles. The quantitative estimate of drug-likeness (QED) is 0.334. The van der Waals surface area contributed by atoms with Gasteiger partial charge in [-0.25, -0.2) is 8.78 Å². The van der Waals surface area contributed by atoms with Gasteiger partial charge in [0.1, 0.15) is 29.8 Å². The predicted molar refractivity (Wildman–Crippen MR) is 157 cm³/mol. The molecule has 3 aliphatic heterocycles. The van der Waals surface area contributed by atoms with Crippen LogP contribution in [0.25, 0.3) is 33.1 Å². The third-order valence-electron chi connectivity index (χ3n) is 9.52. The molecular formula is C31H37F2N7O2. The highest BCUT2D eigenvalue weighted by Crippen LogP contribution is 2.42. The Labute approximate surface area is 243 Å². The topological polar surface area (TPSA) is 103 Å². The van der Waals surface area contributed by atoms with Crippen LogP contribution in [0.15, 0.2) is 18.5 Å². The summed E-state index contributed by atoms with van der Waals surface area (Å²) in [7, 11) is 0. The van der Waals surface area contributed by atoms with E-state index in [2.05, 4.69) is 25.1 Å². The van der Waals surface area contributed by atoms with Crippen molar-refractivity contribution in [3.05, 3.63) is 35.4 Å². The smallest absolute Gasteiger partial charge is 0.319 e. The van der Waals surface area contributed by atoms with Gasteiger partial charge < -0.3 is 14.7 Å². The summed E-state index contributed by atoms with van der Waals surface area (Å²) in [6.45, 7) is 8.35. The number of aryl methyl sites for hydroxylation is 1. The zero-order chi connectivity index (χ0) is 29.2. The van der Waals surface area contributed by atoms with Crippen molar-refractivity contribution in [1.29, 1.82) is 0 Å². The van der Waals surface area contributed by atoms with Crippen LogP contribution in [0.3, 0.4) is 0 Å². The lowest BCUT2D eigenvalue weighted by molar-refractivity contribution is 0.0447. The van der Waals surface area contributed by atoms with E-state index in [1.165, 1.54) is 0 Å². The van der Waals surface area contributed by atoms with E-state index in [1.54, 1.807) is 19.3 Å². The molecule has 42 heavy (non-hydrogen) atoms. The fraction of sp³-hybridized carbons (Fsp3) is 0.548. The van der Waals surface area contributed by atoms with E-state index >= 15 is 4.39 Å². The number of piperidine rings is 1. The fourth-order valence-corrected chi connectivity index (χ4v) is 7.54. The van der Waals surface area contributed by atoms with Gasteiger partial charge in [0.15, 0.2) is 5.82 Å². The minimum atomic E-state index is -0.907. The van der Waals surface area contributed by atoms with Crippen LogP contribution in [-0.4, -0.2) is 85.3 Å². The van der Waals surface area contributed by atoms with Crippen LogP contribution in [0.1, 0.15) is 57.1 Å². The Morgan fingerprint density at radius 1 is 1.17 bits per heavy atom. The number of pyridine rings is 1. The van der Waals surface area contributed by atoms with Crippen LogP contribution in [-0.2, 0) is 6.42 Å². The van der Waals surface area contributed by atoms with E-state index in [0.717, 1.165) is 47.8 Å². The number of hydrogen-bond acceptors (Lipinski definition) is 8. The molecule has 0 spiro atoms. The van der Waals surface area contributed by atoms with E-state index in [0.29, 0.717) is 55.7 Å². The normalized spacial score (nSPS) is 26.4. The molecule has 3 fully saturated rings. The van der Waals surface area contributed by atoms with Crippen LogP contribution in [0.5, 0.6) is 6.01 Å². The predicted octanol–water partition coefficient (Wildman–Crippen LogP) is 4.88. The number of halogens is 2. The minimum Gasteiger partial charge on any atom is -0.461 e. The second-order valence-electron chi connectivity index (χ2n) is 12.6. The third kappa shape index (κ3) is 4.48.